The molecule has 5 rings (SSSR count). The highest BCUT2D eigenvalue weighted by Gasteiger charge is 2.29. The Morgan fingerprint density at radius 3 is 2.74 bits per heavy atom. The number of rotatable bonds is 3. The van der Waals surface area contributed by atoms with Gasteiger partial charge in [0.2, 0.25) is 0 Å². The Morgan fingerprint density at radius 2 is 1.89 bits per heavy atom. The molecule has 27 heavy (non-hydrogen) atoms. The number of para-hydroxylation sites is 1. The molecule has 3 aromatic rings. The second-order valence-electron chi connectivity index (χ2n) is 7.09. The summed E-state index contributed by atoms with van der Waals surface area (Å²) < 4.78 is 13.7. The lowest BCUT2D eigenvalue weighted by molar-refractivity contribution is 0.0835. The summed E-state index contributed by atoms with van der Waals surface area (Å²) in [6.45, 7) is 1.55. The van der Waals surface area contributed by atoms with Crippen molar-refractivity contribution in [3.05, 3.63) is 66.0 Å². The molecule has 0 radical (unpaired) electrons. The van der Waals surface area contributed by atoms with Crippen LogP contribution < -0.4 is 4.74 Å². The average Bonchev–Trinajstić information content (AvgIpc) is 3.20. The molecule has 0 bridgehead atoms. The molecule has 0 aliphatic carbocycles. The van der Waals surface area contributed by atoms with Crippen molar-refractivity contribution < 1.29 is 9.47 Å². The van der Waals surface area contributed by atoms with E-state index in [2.05, 4.69) is 17.1 Å². The van der Waals surface area contributed by atoms with Crippen LogP contribution in [0.4, 0.5) is 0 Å². The smallest absolute Gasteiger partial charge is 0.173 e. The zero-order valence-corrected chi connectivity index (χ0v) is 15.1. The van der Waals surface area contributed by atoms with Crippen LogP contribution in [0, 0.1) is 0 Å². The lowest BCUT2D eigenvalue weighted by Crippen LogP contribution is -2.19. The maximum atomic E-state index is 6.31. The van der Waals surface area contributed by atoms with Crippen LogP contribution in [-0.2, 0) is 11.2 Å². The first kappa shape index (κ1) is 16.4. The van der Waals surface area contributed by atoms with E-state index in [4.69, 9.17) is 19.6 Å². The fourth-order valence-electron chi connectivity index (χ4n) is 3.85. The van der Waals surface area contributed by atoms with E-state index in [1.807, 2.05) is 35.1 Å². The molecule has 2 aromatic heterocycles. The lowest BCUT2D eigenvalue weighted by atomic mass is 9.99. The molecule has 0 amide bonds. The highest BCUT2D eigenvalue weighted by Crippen LogP contribution is 2.35. The van der Waals surface area contributed by atoms with Crippen LogP contribution >= 0.6 is 0 Å². The van der Waals surface area contributed by atoms with Gasteiger partial charge in [-0.25, -0.2) is 9.67 Å². The van der Waals surface area contributed by atoms with Gasteiger partial charge in [0.05, 0.1) is 11.9 Å². The fraction of sp³-hybridized carbons (Fsp3) is 0.381. The largest absolute Gasteiger partial charge is 0.482 e. The van der Waals surface area contributed by atoms with Crippen molar-refractivity contribution in [2.45, 2.75) is 37.7 Å². The molecule has 2 aliphatic heterocycles. The van der Waals surface area contributed by atoms with Crippen LogP contribution in [0.3, 0.4) is 0 Å². The van der Waals surface area contributed by atoms with Crippen molar-refractivity contribution in [1.29, 1.82) is 0 Å². The summed E-state index contributed by atoms with van der Waals surface area (Å²) in [6.07, 6.45) is 7.28. The molecule has 2 aliphatic rings. The quantitative estimate of drug-likeness (QED) is 0.712. The number of benzene rings is 1. The topological polar surface area (TPSA) is 62.1 Å². The third-order valence-corrected chi connectivity index (χ3v) is 5.33. The van der Waals surface area contributed by atoms with Gasteiger partial charge >= 0.3 is 0 Å². The van der Waals surface area contributed by atoms with Gasteiger partial charge in [0.1, 0.15) is 5.75 Å². The Labute approximate surface area is 158 Å². The highest BCUT2D eigenvalue weighted by atomic mass is 16.5. The van der Waals surface area contributed by atoms with E-state index >= 15 is 0 Å². The van der Waals surface area contributed by atoms with Gasteiger partial charge in [-0.1, -0.05) is 18.2 Å². The first-order valence-electron chi connectivity index (χ1n) is 9.58. The van der Waals surface area contributed by atoms with E-state index < -0.39 is 0 Å². The van der Waals surface area contributed by atoms with Gasteiger partial charge in [-0.3, -0.25) is 4.98 Å². The van der Waals surface area contributed by atoms with Gasteiger partial charge < -0.3 is 9.47 Å². The molecule has 1 fully saturated rings. The predicted octanol–water partition coefficient (Wildman–Crippen LogP) is 3.62. The van der Waals surface area contributed by atoms with E-state index in [0.717, 1.165) is 62.0 Å². The summed E-state index contributed by atoms with van der Waals surface area (Å²) in [5.74, 6) is 3.03. The third kappa shape index (κ3) is 3.21. The van der Waals surface area contributed by atoms with Crippen LogP contribution in [0.2, 0.25) is 0 Å². The van der Waals surface area contributed by atoms with Crippen molar-refractivity contribution in [2.75, 3.05) is 13.2 Å². The van der Waals surface area contributed by atoms with Crippen molar-refractivity contribution in [3.63, 3.8) is 0 Å². The maximum absolute atomic E-state index is 6.31. The number of hydrogen-bond acceptors (Lipinski definition) is 5. The highest BCUT2D eigenvalue weighted by molar-refractivity contribution is 5.36. The van der Waals surface area contributed by atoms with Crippen molar-refractivity contribution in [1.82, 2.24) is 19.7 Å². The number of aromatic nitrogens is 4. The number of fused-ring (bicyclic) bond motifs is 1. The minimum absolute atomic E-state index is 0.110. The summed E-state index contributed by atoms with van der Waals surface area (Å²) in [4.78, 5) is 9.21. The van der Waals surface area contributed by atoms with Gasteiger partial charge in [-0.15, -0.1) is 0 Å². The van der Waals surface area contributed by atoms with Crippen LogP contribution in [0.25, 0.3) is 5.69 Å². The minimum atomic E-state index is -0.110. The van der Waals surface area contributed by atoms with E-state index in [1.54, 1.807) is 6.20 Å². The number of hydrogen-bond donors (Lipinski definition) is 0. The van der Waals surface area contributed by atoms with Gasteiger partial charge in [0.15, 0.2) is 17.8 Å². The first-order valence-corrected chi connectivity index (χ1v) is 9.58. The molecule has 1 atom stereocenters. The van der Waals surface area contributed by atoms with Crippen LogP contribution in [0.15, 0.2) is 48.8 Å². The van der Waals surface area contributed by atoms with Crippen molar-refractivity contribution in [2.24, 2.45) is 0 Å². The number of ether oxygens (including phenoxy) is 2. The van der Waals surface area contributed by atoms with Gasteiger partial charge in [-0.2, -0.15) is 5.10 Å². The average molecular weight is 362 g/mol. The Hall–Kier alpha value is -2.73. The zero-order chi connectivity index (χ0) is 18.1. The second kappa shape index (κ2) is 7.12. The number of pyridine rings is 1. The fourth-order valence-corrected chi connectivity index (χ4v) is 3.85. The summed E-state index contributed by atoms with van der Waals surface area (Å²) >= 11 is 0. The summed E-state index contributed by atoms with van der Waals surface area (Å²) in [6, 6.07) is 12.2. The Bertz CT molecular complexity index is 919. The molecule has 1 aromatic carbocycles. The van der Waals surface area contributed by atoms with Crippen LogP contribution in [-0.4, -0.2) is 33.0 Å². The molecule has 0 N–H and O–H groups in total. The Balaban J connectivity index is 1.53. The normalized spacial score (nSPS) is 20.1. The molecule has 1 saturated heterocycles. The van der Waals surface area contributed by atoms with Crippen molar-refractivity contribution >= 4 is 0 Å². The second-order valence-corrected chi connectivity index (χ2v) is 7.09. The molecule has 138 valence electrons. The van der Waals surface area contributed by atoms with Gasteiger partial charge in [-0.05, 0) is 49.4 Å². The zero-order valence-electron chi connectivity index (χ0n) is 15.1. The van der Waals surface area contributed by atoms with Crippen molar-refractivity contribution in [3.8, 4) is 11.4 Å². The van der Waals surface area contributed by atoms with Gasteiger partial charge in [0.25, 0.3) is 0 Å². The number of nitrogens with zero attached hydrogens (tertiary/aromatic N) is 4. The standard InChI is InChI=1S/C21H22N4O2/c1-2-6-18-15(4-1)7-8-19(27-18)21-23-20(16-9-12-26-13-10-16)24-25(21)17-5-3-11-22-14-17/h1-6,11,14,16,19H,7-10,12-13H2. The Kier molecular flexibility index (Phi) is 4.33. The van der Waals surface area contributed by atoms with E-state index in [9.17, 15) is 0 Å². The molecular weight excluding hydrogens is 340 g/mol. The molecule has 0 spiro atoms. The summed E-state index contributed by atoms with van der Waals surface area (Å²) in [7, 11) is 0. The molecule has 6 heteroatoms. The monoisotopic (exact) mass is 362 g/mol. The summed E-state index contributed by atoms with van der Waals surface area (Å²) in [5.41, 5.74) is 2.17. The minimum Gasteiger partial charge on any atom is -0.482 e. The lowest BCUT2D eigenvalue weighted by Gasteiger charge is -2.25. The van der Waals surface area contributed by atoms with Gasteiger partial charge in [0, 0.05) is 25.3 Å². The SMILES string of the molecule is c1cncc(-n2nc(C3CCOCC3)nc2C2CCc3ccccc3O2)c1. The van der Waals surface area contributed by atoms with E-state index in [-0.39, 0.29) is 6.10 Å². The molecule has 1 unspecified atom stereocenters. The predicted molar refractivity (Wildman–Crippen MR) is 100 cm³/mol. The van der Waals surface area contributed by atoms with Crippen LogP contribution in [0.5, 0.6) is 5.75 Å². The van der Waals surface area contributed by atoms with Crippen LogP contribution in [0.1, 0.15) is 48.5 Å². The Morgan fingerprint density at radius 1 is 1.00 bits per heavy atom. The number of aryl methyl sites for hydroxylation is 1. The summed E-state index contributed by atoms with van der Waals surface area (Å²) in [5, 5.41) is 4.87. The molecule has 6 nitrogen and oxygen atoms in total. The molecule has 0 saturated carbocycles. The first-order chi connectivity index (χ1) is 13.4. The molecular formula is C21H22N4O2. The third-order valence-electron chi connectivity index (χ3n) is 5.33. The maximum Gasteiger partial charge on any atom is 0.173 e. The van der Waals surface area contributed by atoms with E-state index in [0.29, 0.717) is 5.92 Å². The molecule has 4 heterocycles. The van der Waals surface area contributed by atoms with E-state index in [1.165, 1.54) is 5.56 Å².